The first-order valence-electron chi connectivity index (χ1n) is 13.0. The first-order chi connectivity index (χ1) is 18.3. The standard InChI is InChI=1S/C29H35N5O3S/c1-4-33(20-25-21(2)23-7-5-6-8-24(23)38-25)28(36)13-10-22-9-11-26(30-19-22)31-27(35)12-14-29(37)34-17-15-32(3)16-18-34/h5-11,13,19H,4,12,14-18,20H2,1-3H3,(H,30,31,35)/b13-10+. The quantitative estimate of drug-likeness (QED) is 0.418. The summed E-state index contributed by atoms with van der Waals surface area (Å²) in [6, 6.07) is 11.8. The fourth-order valence-corrected chi connectivity index (χ4v) is 5.61. The van der Waals surface area contributed by atoms with Crippen molar-refractivity contribution >= 4 is 51.0 Å². The van der Waals surface area contributed by atoms with Crippen LogP contribution in [0.25, 0.3) is 16.2 Å². The predicted molar refractivity (Wildman–Crippen MR) is 153 cm³/mol. The molecule has 1 aromatic carbocycles. The van der Waals surface area contributed by atoms with Gasteiger partial charge in [0, 0.05) is 67.4 Å². The maximum Gasteiger partial charge on any atom is 0.246 e. The van der Waals surface area contributed by atoms with Gasteiger partial charge in [-0.2, -0.15) is 0 Å². The summed E-state index contributed by atoms with van der Waals surface area (Å²) < 4.78 is 1.24. The minimum absolute atomic E-state index is 0.00926. The molecule has 3 heterocycles. The Morgan fingerprint density at radius 2 is 1.84 bits per heavy atom. The number of likely N-dealkylation sites (N-methyl/N-ethyl adjacent to an activating group) is 2. The van der Waals surface area contributed by atoms with Gasteiger partial charge in [0.1, 0.15) is 5.82 Å². The van der Waals surface area contributed by atoms with Crippen molar-refractivity contribution in [1.29, 1.82) is 0 Å². The third kappa shape index (κ3) is 7.05. The SMILES string of the molecule is CCN(Cc1sc2ccccc2c1C)C(=O)/C=C/c1ccc(NC(=O)CCC(=O)N2CCN(C)CC2)nc1. The first kappa shape index (κ1) is 27.5. The third-order valence-corrected chi connectivity index (χ3v) is 8.12. The van der Waals surface area contributed by atoms with E-state index in [2.05, 4.69) is 34.3 Å². The van der Waals surface area contributed by atoms with E-state index < -0.39 is 0 Å². The van der Waals surface area contributed by atoms with Crippen LogP contribution in [0.1, 0.15) is 35.8 Å². The molecule has 3 amide bonds. The number of piperazine rings is 1. The van der Waals surface area contributed by atoms with E-state index in [1.807, 2.05) is 35.9 Å². The van der Waals surface area contributed by atoms with Crippen LogP contribution in [-0.4, -0.2) is 77.2 Å². The van der Waals surface area contributed by atoms with Crippen LogP contribution in [0.15, 0.2) is 48.7 Å². The molecule has 3 aromatic rings. The average Bonchev–Trinajstić information content (AvgIpc) is 3.25. The molecule has 1 fully saturated rings. The number of fused-ring (bicyclic) bond motifs is 1. The molecule has 4 rings (SSSR count). The van der Waals surface area contributed by atoms with Gasteiger partial charge in [0.25, 0.3) is 0 Å². The van der Waals surface area contributed by atoms with E-state index in [0.29, 0.717) is 32.0 Å². The molecular weight excluding hydrogens is 498 g/mol. The highest BCUT2D eigenvalue weighted by Crippen LogP contribution is 2.31. The number of hydrogen-bond donors (Lipinski definition) is 1. The molecule has 0 atom stereocenters. The van der Waals surface area contributed by atoms with Crippen molar-refractivity contribution in [2.24, 2.45) is 0 Å². The lowest BCUT2D eigenvalue weighted by Gasteiger charge is -2.32. The Morgan fingerprint density at radius 1 is 1.08 bits per heavy atom. The molecule has 1 aliphatic rings. The smallest absolute Gasteiger partial charge is 0.246 e. The summed E-state index contributed by atoms with van der Waals surface area (Å²) in [6.07, 6.45) is 5.21. The molecule has 0 bridgehead atoms. The van der Waals surface area contributed by atoms with Crippen LogP contribution in [0.5, 0.6) is 0 Å². The summed E-state index contributed by atoms with van der Waals surface area (Å²) in [7, 11) is 2.04. The highest BCUT2D eigenvalue weighted by atomic mass is 32.1. The fourth-order valence-electron chi connectivity index (χ4n) is 4.39. The summed E-state index contributed by atoms with van der Waals surface area (Å²) in [6.45, 7) is 8.40. The second-order valence-electron chi connectivity index (χ2n) is 9.54. The Balaban J connectivity index is 1.26. The normalized spacial score (nSPS) is 14.2. The molecule has 1 aliphatic heterocycles. The van der Waals surface area contributed by atoms with Crippen LogP contribution in [0.4, 0.5) is 5.82 Å². The molecule has 8 nitrogen and oxygen atoms in total. The van der Waals surface area contributed by atoms with Crippen molar-refractivity contribution in [1.82, 2.24) is 19.7 Å². The van der Waals surface area contributed by atoms with Crippen molar-refractivity contribution in [3.05, 3.63) is 64.7 Å². The molecule has 2 aromatic heterocycles. The van der Waals surface area contributed by atoms with E-state index in [-0.39, 0.29) is 30.6 Å². The molecule has 0 radical (unpaired) electrons. The largest absolute Gasteiger partial charge is 0.340 e. The summed E-state index contributed by atoms with van der Waals surface area (Å²) in [5.41, 5.74) is 1.99. The molecule has 9 heteroatoms. The van der Waals surface area contributed by atoms with Gasteiger partial charge in [0.2, 0.25) is 17.7 Å². The van der Waals surface area contributed by atoms with Crippen molar-refractivity contribution < 1.29 is 14.4 Å². The Kier molecular flexibility index (Phi) is 9.25. The Bertz CT molecular complexity index is 1310. The minimum atomic E-state index is -0.242. The van der Waals surface area contributed by atoms with E-state index in [1.54, 1.807) is 41.8 Å². The van der Waals surface area contributed by atoms with Crippen LogP contribution in [0, 0.1) is 6.92 Å². The highest BCUT2D eigenvalue weighted by Gasteiger charge is 2.19. The molecule has 0 saturated carbocycles. The number of aryl methyl sites for hydroxylation is 1. The second kappa shape index (κ2) is 12.8. The number of thiophene rings is 1. The number of nitrogens with one attached hydrogen (secondary N) is 1. The van der Waals surface area contributed by atoms with Crippen LogP contribution in [0.2, 0.25) is 0 Å². The van der Waals surface area contributed by atoms with Gasteiger partial charge in [-0.1, -0.05) is 18.2 Å². The van der Waals surface area contributed by atoms with Crippen molar-refractivity contribution in [3.8, 4) is 0 Å². The lowest BCUT2D eigenvalue weighted by molar-refractivity contribution is -0.134. The van der Waals surface area contributed by atoms with Gasteiger partial charge in [0.05, 0.1) is 6.54 Å². The molecule has 0 spiro atoms. The van der Waals surface area contributed by atoms with E-state index >= 15 is 0 Å². The third-order valence-electron chi connectivity index (χ3n) is 6.86. The van der Waals surface area contributed by atoms with E-state index in [1.165, 1.54) is 20.5 Å². The molecule has 200 valence electrons. The Labute approximate surface area is 227 Å². The number of pyridine rings is 1. The fraction of sp³-hybridized carbons (Fsp3) is 0.379. The van der Waals surface area contributed by atoms with Crippen LogP contribution >= 0.6 is 11.3 Å². The summed E-state index contributed by atoms with van der Waals surface area (Å²) in [5.74, 6) is 0.122. The number of amides is 3. The number of hydrogen-bond acceptors (Lipinski definition) is 6. The minimum Gasteiger partial charge on any atom is -0.340 e. The number of benzene rings is 1. The van der Waals surface area contributed by atoms with Crippen LogP contribution in [-0.2, 0) is 20.9 Å². The molecule has 0 unspecified atom stereocenters. The van der Waals surface area contributed by atoms with Gasteiger partial charge < -0.3 is 20.0 Å². The average molecular weight is 534 g/mol. The first-order valence-corrected chi connectivity index (χ1v) is 13.8. The van der Waals surface area contributed by atoms with Gasteiger partial charge in [-0.3, -0.25) is 14.4 Å². The van der Waals surface area contributed by atoms with Crippen LogP contribution < -0.4 is 5.32 Å². The number of carbonyl (C=O) groups is 3. The molecule has 0 aliphatic carbocycles. The molecule has 1 N–H and O–H groups in total. The lowest BCUT2D eigenvalue weighted by atomic mass is 10.1. The number of aromatic nitrogens is 1. The van der Waals surface area contributed by atoms with Crippen molar-refractivity contribution in [3.63, 3.8) is 0 Å². The lowest BCUT2D eigenvalue weighted by Crippen LogP contribution is -2.47. The van der Waals surface area contributed by atoms with Crippen LogP contribution in [0.3, 0.4) is 0 Å². The maximum atomic E-state index is 12.9. The summed E-state index contributed by atoms with van der Waals surface area (Å²) in [5, 5.41) is 3.99. The van der Waals surface area contributed by atoms with Gasteiger partial charge in [0.15, 0.2) is 0 Å². The number of rotatable bonds is 9. The molecular formula is C29H35N5O3S. The van der Waals surface area contributed by atoms with E-state index in [4.69, 9.17) is 0 Å². The van der Waals surface area contributed by atoms with Gasteiger partial charge in [-0.25, -0.2) is 4.98 Å². The van der Waals surface area contributed by atoms with Gasteiger partial charge in [-0.05, 0) is 61.7 Å². The monoisotopic (exact) mass is 533 g/mol. The zero-order chi connectivity index (χ0) is 27.1. The summed E-state index contributed by atoms with van der Waals surface area (Å²) >= 11 is 1.73. The summed E-state index contributed by atoms with van der Waals surface area (Å²) in [4.78, 5) is 48.8. The molecule has 1 saturated heterocycles. The topological polar surface area (TPSA) is 85.8 Å². The predicted octanol–water partition coefficient (Wildman–Crippen LogP) is 4.16. The highest BCUT2D eigenvalue weighted by molar-refractivity contribution is 7.19. The van der Waals surface area contributed by atoms with E-state index in [0.717, 1.165) is 18.7 Å². The van der Waals surface area contributed by atoms with Gasteiger partial charge in [-0.15, -0.1) is 11.3 Å². The van der Waals surface area contributed by atoms with Crippen molar-refractivity contribution in [2.45, 2.75) is 33.2 Å². The number of anilines is 1. The van der Waals surface area contributed by atoms with Crippen molar-refractivity contribution in [2.75, 3.05) is 45.1 Å². The Hall–Kier alpha value is -3.56. The van der Waals surface area contributed by atoms with E-state index in [9.17, 15) is 14.4 Å². The number of carbonyl (C=O) groups excluding carboxylic acids is 3. The van der Waals surface area contributed by atoms with Gasteiger partial charge >= 0.3 is 0 Å². The second-order valence-corrected chi connectivity index (χ2v) is 10.7. The zero-order valence-corrected chi connectivity index (χ0v) is 23.1. The maximum absolute atomic E-state index is 12.9. The molecule has 38 heavy (non-hydrogen) atoms. The zero-order valence-electron chi connectivity index (χ0n) is 22.3. The Morgan fingerprint density at radius 3 is 2.53 bits per heavy atom. The number of nitrogens with zero attached hydrogens (tertiary/aromatic N) is 4.